The molecule has 0 aliphatic heterocycles. The SMILES string of the molecule is CCCCc1ccc(-c2cc(Cl)ccc2C(=O)CO)cc1. The van der Waals surface area contributed by atoms with Crippen molar-refractivity contribution in [2.75, 3.05) is 6.61 Å². The monoisotopic (exact) mass is 302 g/mol. The summed E-state index contributed by atoms with van der Waals surface area (Å²) in [5, 5.41) is 9.67. The number of benzene rings is 2. The van der Waals surface area contributed by atoms with Crippen molar-refractivity contribution in [1.82, 2.24) is 0 Å². The molecule has 0 spiro atoms. The minimum atomic E-state index is -0.497. The van der Waals surface area contributed by atoms with Crippen molar-refractivity contribution in [3.8, 4) is 11.1 Å². The van der Waals surface area contributed by atoms with E-state index in [0.29, 0.717) is 10.6 Å². The summed E-state index contributed by atoms with van der Waals surface area (Å²) in [7, 11) is 0. The number of carbonyl (C=O) groups excluding carboxylic acids is 1. The zero-order valence-electron chi connectivity index (χ0n) is 12.1. The normalized spacial score (nSPS) is 10.6. The van der Waals surface area contributed by atoms with Gasteiger partial charge in [-0.25, -0.2) is 0 Å². The largest absolute Gasteiger partial charge is 0.388 e. The Morgan fingerprint density at radius 2 is 1.86 bits per heavy atom. The Bertz CT molecular complexity index is 618. The van der Waals surface area contributed by atoms with Crippen LogP contribution in [0.5, 0.6) is 0 Å². The van der Waals surface area contributed by atoms with E-state index in [1.54, 1.807) is 18.2 Å². The number of aliphatic hydroxyl groups is 1. The smallest absolute Gasteiger partial charge is 0.188 e. The number of carbonyl (C=O) groups is 1. The first-order valence-electron chi connectivity index (χ1n) is 7.18. The summed E-state index contributed by atoms with van der Waals surface area (Å²) < 4.78 is 0. The highest BCUT2D eigenvalue weighted by Crippen LogP contribution is 2.28. The molecule has 0 bridgehead atoms. The molecule has 3 heteroatoms. The van der Waals surface area contributed by atoms with Crippen molar-refractivity contribution < 1.29 is 9.90 Å². The van der Waals surface area contributed by atoms with Crippen LogP contribution in [0.4, 0.5) is 0 Å². The lowest BCUT2D eigenvalue weighted by molar-refractivity contribution is 0.0904. The summed E-state index contributed by atoms with van der Waals surface area (Å²) in [5.41, 5.74) is 3.50. The Morgan fingerprint density at radius 3 is 2.48 bits per heavy atom. The predicted molar refractivity (Wildman–Crippen MR) is 86.9 cm³/mol. The van der Waals surface area contributed by atoms with Crippen LogP contribution in [0.3, 0.4) is 0 Å². The first-order chi connectivity index (χ1) is 10.2. The van der Waals surface area contributed by atoms with Crippen molar-refractivity contribution in [3.05, 3.63) is 58.6 Å². The number of ketones is 1. The molecular formula is C18H19ClO2. The summed E-state index contributed by atoms with van der Waals surface area (Å²) in [4.78, 5) is 11.8. The molecule has 0 saturated carbocycles. The second kappa shape index (κ2) is 7.39. The maximum atomic E-state index is 11.8. The van der Waals surface area contributed by atoms with Gasteiger partial charge in [-0.15, -0.1) is 0 Å². The minimum absolute atomic E-state index is 0.295. The van der Waals surface area contributed by atoms with E-state index in [1.165, 1.54) is 18.4 Å². The lowest BCUT2D eigenvalue weighted by atomic mass is 9.96. The van der Waals surface area contributed by atoms with Gasteiger partial charge in [0.2, 0.25) is 0 Å². The zero-order valence-corrected chi connectivity index (χ0v) is 12.9. The average Bonchev–Trinajstić information content (AvgIpc) is 2.52. The van der Waals surface area contributed by atoms with Crippen LogP contribution < -0.4 is 0 Å². The third kappa shape index (κ3) is 3.93. The van der Waals surface area contributed by atoms with E-state index in [4.69, 9.17) is 16.7 Å². The van der Waals surface area contributed by atoms with E-state index < -0.39 is 6.61 Å². The fraction of sp³-hybridized carbons (Fsp3) is 0.278. The number of aliphatic hydroxyl groups excluding tert-OH is 1. The van der Waals surface area contributed by atoms with Crippen LogP contribution in [0.2, 0.25) is 5.02 Å². The molecule has 110 valence electrons. The van der Waals surface area contributed by atoms with Crippen LogP contribution in [0.1, 0.15) is 35.7 Å². The van der Waals surface area contributed by atoms with Crippen molar-refractivity contribution in [2.45, 2.75) is 26.2 Å². The van der Waals surface area contributed by atoms with Crippen LogP contribution in [-0.2, 0) is 6.42 Å². The van der Waals surface area contributed by atoms with Gasteiger partial charge in [0.1, 0.15) is 6.61 Å². The Labute approximate surface area is 130 Å². The first kappa shape index (κ1) is 15.7. The van der Waals surface area contributed by atoms with Gasteiger partial charge < -0.3 is 5.11 Å². The molecule has 2 aromatic carbocycles. The molecular weight excluding hydrogens is 284 g/mol. The maximum Gasteiger partial charge on any atom is 0.188 e. The predicted octanol–water partition coefficient (Wildman–Crippen LogP) is 4.52. The van der Waals surface area contributed by atoms with Gasteiger partial charge in [0.05, 0.1) is 0 Å². The first-order valence-corrected chi connectivity index (χ1v) is 7.56. The highest BCUT2D eigenvalue weighted by atomic mass is 35.5. The number of rotatable bonds is 6. The molecule has 0 heterocycles. The molecule has 0 amide bonds. The number of unbranched alkanes of at least 4 members (excludes halogenated alkanes) is 1. The summed E-state index contributed by atoms with van der Waals surface area (Å²) >= 11 is 6.04. The number of hydrogen-bond acceptors (Lipinski definition) is 2. The van der Waals surface area contributed by atoms with E-state index in [-0.39, 0.29) is 5.78 Å². The standard InChI is InChI=1S/C18H19ClO2/c1-2-3-4-13-5-7-14(8-6-13)17-11-15(19)9-10-16(17)18(21)12-20/h5-11,20H,2-4,12H2,1H3. The fourth-order valence-corrected chi connectivity index (χ4v) is 2.49. The van der Waals surface area contributed by atoms with Crippen LogP contribution in [-0.4, -0.2) is 17.5 Å². The number of aryl methyl sites for hydroxylation is 1. The molecule has 0 saturated heterocycles. The summed E-state index contributed by atoms with van der Waals surface area (Å²) in [6.07, 6.45) is 3.41. The highest BCUT2D eigenvalue weighted by molar-refractivity contribution is 6.31. The van der Waals surface area contributed by atoms with Crippen LogP contribution in [0, 0.1) is 0 Å². The fourth-order valence-electron chi connectivity index (χ4n) is 2.32. The third-order valence-electron chi connectivity index (χ3n) is 3.51. The Balaban J connectivity index is 2.36. The minimum Gasteiger partial charge on any atom is -0.388 e. The van der Waals surface area contributed by atoms with Gasteiger partial charge in [-0.1, -0.05) is 49.2 Å². The molecule has 21 heavy (non-hydrogen) atoms. The molecule has 2 nitrogen and oxygen atoms in total. The zero-order chi connectivity index (χ0) is 15.2. The summed E-state index contributed by atoms with van der Waals surface area (Å²) in [6, 6.07) is 13.3. The molecule has 0 aromatic heterocycles. The van der Waals surface area contributed by atoms with Crippen molar-refractivity contribution >= 4 is 17.4 Å². The Morgan fingerprint density at radius 1 is 1.14 bits per heavy atom. The quantitative estimate of drug-likeness (QED) is 0.796. The number of halogens is 1. The van der Waals surface area contributed by atoms with Crippen LogP contribution >= 0.6 is 11.6 Å². The molecule has 2 aromatic rings. The lowest BCUT2D eigenvalue weighted by Gasteiger charge is -2.10. The number of hydrogen-bond donors (Lipinski definition) is 1. The molecule has 0 radical (unpaired) electrons. The van der Waals surface area contributed by atoms with Crippen molar-refractivity contribution in [1.29, 1.82) is 0 Å². The highest BCUT2D eigenvalue weighted by Gasteiger charge is 2.12. The van der Waals surface area contributed by atoms with Gasteiger partial charge in [-0.3, -0.25) is 4.79 Å². The maximum absolute atomic E-state index is 11.8. The molecule has 0 fully saturated rings. The second-order valence-electron chi connectivity index (χ2n) is 5.07. The molecule has 0 aliphatic rings. The molecule has 1 N–H and O–H groups in total. The second-order valence-corrected chi connectivity index (χ2v) is 5.51. The lowest BCUT2D eigenvalue weighted by Crippen LogP contribution is -2.06. The molecule has 0 unspecified atom stereocenters. The van der Waals surface area contributed by atoms with Gasteiger partial charge in [0.15, 0.2) is 5.78 Å². The summed E-state index contributed by atoms with van der Waals surface area (Å²) in [6.45, 7) is 1.68. The van der Waals surface area contributed by atoms with Crippen molar-refractivity contribution in [2.24, 2.45) is 0 Å². The van der Waals surface area contributed by atoms with E-state index in [2.05, 4.69) is 19.1 Å². The van der Waals surface area contributed by atoms with Gasteiger partial charge in [-0.05, 0) is 47.7 Å². The molecule has 2 rings (SSSR count). The van der Waals surface area contributed by atoms with Crippen LogP contribution in [0.15, 0.2) is 42.5 Å². The van der Waals surface area contributed by atoms with Gasteiger partial charge >= 0.3 is 0 Å². The Kier molecular flexibility index (Phi) is 5.54. The summed E-state index contributed by atoms with van der Waals surface area (Å²) in [5.74, 6) is -0.295. The molecule has 0 atom stereocenters. The van der Waals surface area contributed by atoms with E-state index in [1.807, 2.05) is 12.1 Å². The van der Waals surface area contributed by atoms with Gasteiger partial charge in [0, 0.05) is 10.6 Å². The average molecular weight is 303 g/mol. The Hall–Kier alpha value is -1.64. The van der Waals surface area contributed by atoms with E-state index in [9.17, 15) is 4.79 Å². The third-order valence-corrected chi connectivity index (χ3v) is 3.74. The molecule has 0 aliphatic carbocycles. The topological polar surface area (TPSA) is 37.3 Å². The van der Waals surface area contributed by atoms with E-state index >= 15 is 0 Å². The van der Waals surface area contributed by atoms with Crippen LogP contribution in [0.25, 0.3) is 11.1 Å². The van der Waals surface area contributed by atoms with E-state index in [0.717, 1.165) is 17.5 Å². The van der Waals surface area contributed by atoms with Crippen molar-refractivity contribution in [3.63, 3.8) is 0 Å². The van der Waals surface area contributed by atoms with Gasteiger partial charge in [-0.2, -0.15) is 0 Å². The number of Topliss-reactive ketones (excluding diaryl/α,β-unsaturated/α-hetero) is 1. The van der Waals surface area contributed by atoms with Gasteiger partial charge in [0.25, 0.3) is 0 Å².